The molecule has 1 saturated heterocycles. The maximum absolute atomic E-state index is 13.8. The van der Waals surface area contributed by atoms with Crippen LogP contribution in [0.15, 0.2) is 54.0 Å². The van der Waals surface area contributed by atoms with Gasteiger partial charge in [0.1, 0.15) is 5.69 Å². The Balaban J connectivity index is 1.37. The first kappa shape index (κ1) is 23.3. The number of thiazole rings is 1. The molecule has 0 aliphatic carbocycles. The molecule has 6 nitrogen and oxygen atoms in total. The van der Waals surface area contributed by atoms with Crippen LogP contribution in [0.25, 0.3) is 16.1 Å². The van der Waals surface area contributed by atoms with Crippen LogP contribution in [-0.2, 0) is 0 Å². The zero-order chi connectivity index (χ0) is 24.5. The molecule has 7 heteroatoms. The maximum atomic E-state index is 13.8. The first-order chi connectivity index (χ1) is 16.9. The summed E-state index contributed by atoms with van der Waals surface area (Å²) in [5, 5.41) is 5.01. The summed E-state index contributed by atoms with van der Waals surface area (Å²) in [7, 11) is 0. The van der Waals surface area contributed by atoms with Crippen molar-refractivity contribution in [2.75, 3.05) is 13.1 Å². The van der Waals surface area contributed by atoms with E-state index in [0.717, 1.165) is 35.4 Å². The SMILES string of the molecule is Cc1ccc(-c2ccccc2C(=O)N2CCCC[C@H]2CNC(=O)c2c(C)nc3sccn23)cc1C. The predicted octanol–water partition coefficient (Wildman–Crippen LogP) is 5.41. The lowest BCUT2D eigenvalue weighted by Gasteiger charge is -2.36. The van der Waals surface area contributed by atoms with E-state index in [-0.39, 0.29) is 17.9 Å². The van der Waals surface area contributed by atoms with Crippen molar-refractivity contribution in [2.24, 2.45) is 0 Å². The lowest BCUT2D eigenvalue weighted by Crippen LogP contribution is -2.49. The van der Waals surface area contributed by atoms with Crippen molar-refractivity contribution in [1.82, 2.24) is 19.6 Å². The Morgan fingerprint density at radius 1 is 1.09 bits per heavy atom. The van der Waals surface area contributed by atoms with Crippen molar-refractivity contribution in [2.45, 2.75) is 46.1 Å². The van der Waals surface area contributed by atoms with Crippen LogP contribution in [0.1, 0.15) is 56.9 Å². The Morgan fingerprint density at radius 2 is 1.91 bits per heavy atom. The Hall–Kier alpha value is -3.45. The first-order valence-electron chi connectivity index (χ1n) is 12.1. The number of benzene rings is 2. The van der Waals surface area contributed by atoms with Gasteiger partial charge in [-0.2, -0.15) is 0 Å². The van der Waals surface area contributed by atoms with Crippen molar-refractivity contribution < 1.29 is 9.59 Å². The van der Waals surface area contributed by atoms with Gasteiger partial charge in [-0.15, -0.1) is 11.3 Å². The van der Waals surface area contributed by atoms with Crippen LogP contribution in [0.4, 0.5) is 0 Å². The number of fused-ring (bicyclic) bond motifs is 1. The van der Waals surface area contributed by atoms with E-state index >= 15 is 0 Å². The number of amides is 2. The number of carbonyl (C=O) groups is 2. The van der Waals surface area contributed by atoms with Crippen LogP contribution in [0.3, 0.4) is 0 Å². The first-order valence-corrected chi connectivity index (χ1v) is 13.0. The lowest BCUT2D eigenvalue weighted by molar-refractivity contribution is 0.0603. The van der Waals surface area contributed by atoms with Gasteiger partial charge in [-0.3, -0.25) is 14.0 Å². The van der Waals surface area contributed by atoms with Gasteiger partial charge in [-0.1, -0.05) is 36.4 Å². The van der Waals surface area contributed by atoms with Gasteiger partial charge < -0.3 is 10.2 Å². The van der Waals surface area contributed by atoms with Crippen LogP contribution in [0.2, 0.25) is 0 Å². The number of likely N-dealkylation sites (tertiary alicyclic amines) is 1. The topological polar surface area (TPSA) is 66.7 Å². The number of hydrogen-bond acceptors (Lipinski definition) is 4. The van der Waals surface area contributed by atoms with Crippen molar-refractivity contribution in [3.63, 3.8) is 0 Å². The van der Waals surface area contributed by atoms with Crippen molar-refractivity contribution >= 4 is 28.1 Å². The predicted molar refractivity (Wildman–Crippen MR) is 140 cm³/mol. The third-order valence-electron chi connectivity index (χ3n) is 7.01. The highest BCUT2D eigenvalue weighted by Gasteiger charge is 2.30. The lowest BCUT2D eigenvalue weighted by atomic mass is 9.94. The number of nitrogens with one attached hydrogen (secondary N) is 1. The molecular formula is C28H30N4O2S. The number of imidazole rings is 1. The number of piperidine rings is 1. The molecule has 0 bridgehead atoms. The Morgan fingerprint density at radius 3 is 2.74 bits per heavy atom. The molecule has 1 aliphatic heterocycles. The highest BCUT2D eigenvalue weighted by molar-refractivity contribution is 7.15. The second kappa shape index (κ2) is 9.66. The summed E-state index contributed by atoms with van der Waals surface area (Å²) in [5.41, 5.74) is 6.43. The van der Waals surface area contributed by atoms with Gasteiger partial charge in [-0.05, 0) is 68.4 Å². The average molecular weight is 487 g/mol. The van der Waals surface area contributed by atoms with Gasteiger partial charge in [0, 0.05) is 36.3 Å². The van der Waals surface area contributed by atoms with Crippen molar-refractivity contribution in [3.8, 4) is 11.1 Å². The van der Waals surface area contributed by atoms with E-state index in [2.05, 4.69) is 42.3 Å². The largest absolute Gasteiger partial charge is 0.349 e. The molecule has 3 heterocycles. The molecule has 5 rings (SSSR count). The van der Waals surface area contributed by atoms with E-state index in [0.29, 0.717) is 30.0 Å². The third kappa shape index (κ3) is 4.48. The zero-order valence-electron chi connectivity index (χ0n) is 20.4. The van der Waals surface area contributed by atoms with Crippen molar-refractivity contribution in [1.29, 1.82) is 0 Å². The van der Waals surface area contributed by atoms with Gasteiger partial charge in [0.2, 0.25) is 0 Å². The summed E-state index contributed by atoms with van der Waals surface area (Å²) in [6, 6.07) is 14.1. The zero-order valence-corrected chi connectivity index (χ0v) is 21.2. The average Bonchev–Trinajstić information content (AvgIpc) is 3.44. The quantitative estimate of drug-likeness (QED) is 0.410. The fraction of sp³-hybridized carbons (Fsp3) is 0.321. The van der Waals surface area contributed by atoms with Crippen LogP contribution in [-0.4, -0.2) is 45.2 Å². The van der Waals surface area contributed by atoms with E-state index < -0.39 is 0 Å². The summed E-state index contributed by atoms with van der Waals surface area (Å²) in [5.74, 6) is -0.125. The summed E-state index contributed by atoms with van der Waals surface area (Å²) in [4.78, 5) is 34.1. The number of hydrogen-bond donors (Lipinski definition) is 1. The minimum Gasteiger partial charge on any atom is -0.349 e. The molecule has 4 aromatic rings. The van der Waals surface area contributed by atoms with Gasteiger partial charge in [0.15, 0.2) is 4.96 Å². The standard InChI is InChI=1S/C28H30N4O2S/c1-18-11-12-21(16-19(18)2)23-9-4-5-10-24(23)27(34)31-13-7-6-8-22(31)17-29-26(33)25-20(3)30-28-32(25)14-15-35-28/h4-5,9-12,14-16,22H,6-8,13,17H2,1-3H3,(H,29,33)/t22-/m0/s1. The van der Waals surface area contributed by atoms with Crippen LogP contribution in [0, 0.1) is 20.8 Å². The van der Waals surface area contributed by atoms with Crippen LogP contribution in [0.5, 0.6) is 0 Å². The molecule has 0 unspecified atom stereocenters. The van der Waals surface area contributed by atoms with E-state index in [9.17, 15) is 9.59 Å². The van der Waals surface area contributed by atoms with E-state index in [1.165, 1.54) is 22.5 Å². The molecule has 1 N–H and O–H groups in total. The molecule has 2 aromatic heterocycles. The summed E-state index contributed by atoms with van der Waals surface area (Å²) in [6.07, 6.45) is 4.76. The maximum Gasteiger partial charge on any atom is 0.270 e. The number of aryl methyl sites for hydroxylation is 3. The second-order valence-electron chi connectivity index (χ2n) is 9.30. The van der Waals surface area contributed by atoms with Gasteiger partial charge in [0.25, 0.3) is 11.8 Å². The molecule has 0 radical (unpaired) electrons. The van der Waals surface area contributed by atoms with Gasteiger partial charge in [0.05, 0.1) is 5.69 Å². The molecule has 2 aromatic carbocycles. The normalized spacial score (nSPS) is 16.0. The van der Waals surface area contributed by atoms with Gasteiger partial charge >= 0.3 is 0 Å². The summed E-state index contributed by atoms with van der Waals surface area (Å²) in [6.45, 7) is 7.17. The Labute approximate surface area is 209 Å². The summed E-state index contributed by atoms with van der Waals surface area (Å²) >= 11 is 1.51. The smallest absolute Gasteiger partial charge is 0.270 e. The molecule has 1 aliphatic rings. The minimum absolute atomic E-state index is 0.0264. The van der Waals surface area contributed by atoms with E-state index in [4.69, 9.17) is 0 Å². The molecule has 35 heavy (non-hydrogen) atoms. The van der Waals surface area contributed by atoms with E-state index in [1.807, 2.05) is 52.1 Å². The molecular weight excluding hydrogens is 456 g/mol. The molecule has 180 valence electrons. The van der Waals surface area contributed by atoms with Gasteiger partial charge in [-0.25, -0.2) is 4.98 Å². The van der Waals surface area contributed by atoms with Crippen LogP contribution >= 0.6 is 11.3 Å². The summed E-state index contributed by atoms with van der Waals surface area (Å²) < 4.78 is 1.83. The van der Waals surface area contributed by atoms with E-state index in [1.54, 1.807) is 0 Å². The molecule has 2 amide bonds. The fourth-order valence-corrected chi connectivity index (χ4v) is 5.69. The van der Waals surface area contributed by atoms with Crippen molar-refractivity contribution in [3.05, 3.63) is 82.1 Å². The Bertz CT molecular complexity index is 1400. The fourth-order valence-electron chi connectivity index (χ4n) is 4.93. The molecule has 0 saturated carbocycles. The highest BCUT2D eigenvalue weighted by Crippen LogP contribution is 2.29. The number of carbonyl (C=O) groups excluding carboxylic acids is 2. The minimum atomic E-state index is -0.151. The number of nitrogens with zero attached hydrogens (tertiary/aromatic N) is 3. The number of aromatic nitrogens is 2. The number of rotatable bonds is 5. The molecule has 0 spiro atoms. The second-order valence-corrected chi connectivity index (χ2v) is 10.2. The highest BCUT2D eigenvalue weighted by atomic mass is 32.1. The molecule has 1 atom stereocenters. The Kier molecular flexibility index (Phi) is 6.43. The monoisotopic (exact) mass is 486 g/mol. The molecule has 1 fully saturated rings. The van der Waals surface area contributed by atoms with Crippen LogP contribution < -0.4 is 5.32 Å². The third-order valence-corrected chi connectivity index (χ3v) is 7.77.